The Morgan fingerprint density at radius 1 is 1.05 bits per heavy atom. The molecule has 0 saturated heterocycles. The van der Waals surface area contributed by atoms with Gasteiger partial charge in [-0.05, 0) is 41.5 Å². The van der Waals surface area contributed by atoms with Crippen molar-refractivity contribution >= 4 is 12.1 Å². The van der Waals surface area contributed by atoms with Gasteiger partial charge in [-0.2, -0.15) is 0 Å². The number of hydrogen-bond donors (Lipinski definition) is 2. The van der Waals surface area contributed by atoms with Gasteiger partial charge in [-0.15, -0.1) is 0 Å². The smallest absolute Gasteiger partial charge is 0.407 e. The molecule has 0 aliphatic rings. The average molecular weight is 274 g/mol. The van der Waals surface area contributed by atoms with Gasteiger partial charge in [-0.3, -0.25) is 4.79 Å². The summed E-state index contributed by atoms with van der Waals surface area (Å²) in [4.78, 5) is 23.2. The summed E-state index contributed by atoms with van der Waals surface area (Å²) >= 11 is 0. The van der Waals surface area contributed by atoms with E-state index in [0.717, 1.165) is 0 Å². The maximum atomic E-state index is 11.6. The quantitative estimate of drug-likeness (QED) is 0.759. The summed E-state index contributed by atoms with van der Waals surface area (Å²) < 4.78 is 10.3. The van der Waals surface area contributed by atoms with E-state index in [-0.39, 0.29) is 13.0 Å². The van der Waals surface area contributed by atoms with Crippen molar-refractivity contribution in [2.75, 3.05) is 6.54 Å². The third-order valence-corrected chi connectivity index (χ3v) is 1.84. The molecule has 0 radical (unpaired) electrons. The van der Waals surface area contributed by atoms with E-state index in [9.17, 15) is 9.59 Å². The SMILES string of the molecule is CC(C)(C)OC(=O)CC(CN)NC(=O)OC(C)(C)C. The van der Waals surface area contributed by atoms with E-state index in [1.54, 1.807) is 41.5 Å². The number of amides is 1. The minimum Gasteiger partial charge on any atom is -0.460 e. The Morgan fingerprint density at radius 3 is 1.89 bits per heavy atom. The van der Waals surface area contributed by atoms with Crippen LogP contribution >= 0.6 is 0 Å². The monoisotopic (exact) mass is 274 g/mol. The first-order chi connectivity index (χ1) is 8.43. The van der Waals surface area contributed by atoms with Crippen molar-refractivity contribution in [1.29, 1.82) is 0 Å². The number of nitrogens with two attached hydrogens (primary N) is 1. The molecular weight excluding hydrogens is 248 g/mol. The van der Waals surface area contributed by atoms with Gasteiger partial charge in [-0.1, -0.05) is 0 Å². The van der Waals surface area contributed by atoms with Crippen LogP contribution in [0.15, 0.2) is 0 Å². The van der Waals surface area contributed by atoms with Crippen molar-refractivity contribution in [2.45, 2.75) is 65.2 Å². The van der Waals surface area contributed by atoms with Crippen molar-refractivity contribution in [2.24, 2.45) is 5.73 Å². The molecule has 0 aliphatic carbocycles. The van der Waals surface area contributed by atoms with Crippen molar-refractivity contribution in [3.8, 4) is 0 Å². The lowest BCUT2D eigenvalue weighted by molar-refractivity contribution is -0.155. The van der Waals surface area contributed by atoms with Crippen LogP contribution in [0.5, 0.6) is 0 Å². The second-order valence-electron chi connectivity index (χ2n) is 6.37. The Morgan fingerprint density at radius 2 is 1.53 bits per heavy atom. The van der Waals surface area contributed by atoms with Crippen molar-refractivity contribution in [3.63, 3.8) is 0 Å². The molecule has 6 nitrogen and oxygen atoms in total. The third-order valence-electron chi connectivity index (χ3n) is 1.84. The van der Waals surface area contributed by atoms with Gasteiger partial charge in [0.25, 0.3) is 0 Å². The number of ether oxygens (including phenoxy) is 2. The lowest BCUT2D eigenvalue weighted by Crippen LogP contribution is -2.44. The third kappa shape index (κ3) is 10.3. The summed E-state index contributed by atoms with van der Waals surface area (Å²) in [5, 5.41) is 2.55. The van der Waals surface area contributed by atoms with Gasteiger partial charge in [0.05, 0.1) is 12.5 Å². The van der Waals surface area contributed by atoms with Crippen LogP contribution in [-0.4, -0.2) is 35.9 Å². The van der Waals surface area contributed by atoms with Gasteiger partial charge in [0, 0.05) is 6.54 Å². The van der Waals surface area contributed by atoms with Crippen molar-refractivity contribution in [1.82, 2.24) is 5.32 Å². The first-order valence-electron chi connectivity index (χ1n) is 6.34. The first-order valence-corrected chi connectivity index (χ1v) is 6.34. The largest absolute Gasteiger partial charge is 0.460 e. The van der Waals surface area contributed by atoms with Gasteiger partial charge in [0.1, 0.15) is 11.2 Å². The summed E-state index contributed by atoms with van der Waals surface area (Å²) in [6.45, 7) is 10.8. The minimum absolute atomic E-state index is 0.0208. The Kier molecular flexibility index (Phi) is 6.29. The zero-order valence-electron chi connectivity index (χ0n) is 12.7. The first kappa shape index (κ1) is 17.7. The Bertz CT molecular complexity index is 286. The zero-order valence-corrected chi connectivity index (χ0v) is 12.7. The van der Waals surface area contributed by atoms with Gasteiger partial charge >= 0.3 is 12.1 Å². The minimum atomic E-state index is -0.591. The Labute approximate surface area is 115 Å². The second-order valence-corrected chi connectivity index (χ2v) is 6.37. The van der Waals surface area contributed by atoms with Crippen molar-refractivity contribution in [3.05, 3.63) is 0 Å². The molecule has 1 atom stereocenters. The highest BCUT2D eigenvalue weighted by molar-refractivity contribution is 5.73. The predicted octanol–water partition coefficient (Wildman–Crippen LogP) is 1.57. The molecule has 0 spiro atoms. The van der Waals surface area contributed by atoms with E-state index in [0.29, 0.717) is 0 Å². The molecule has 0 aliphatic heterocycles. The van der Waals surface area contributed by atoms with Crippen molar-refractivity contribution < 1.29 is 19.1 Å². The maximum Gasteiger partial charge on any atom is 0.407 e. The Balaban J connectivity index is 4.29. The van der Waals surface area contributed by atoms with Gasteiger partial charge in [-0.25, -0.2) is 4.79 Å². The number of carbonyl (C=O) groups excluding carboxylic acids is 2. The summed E-state index contributed by atoms with van der Waals surface area (Å²) in [6, 6.07) is -0.496. The number of alkyl carbamates (subject to hydrolysis) is 1. The van der Waals surface area contributed by atoms with Crippen LogP contribution in [0, 0.1) is 0 Å². The molecular formula is C13H26N2O4. The molecule has 6 heteroatoms. The molecule has 0 aromatic rings. The summed E-state index contributed by atoms with van der Waals surface area (Å²) in [5.74, 6) is -0.404. The molecule has 3 N–H and O–H groups in total. The van der Waals surface area contributed by atoms with Crippen LogP contribution < -0.4 is 11.1 Å². The molecule has 0 bridgehead atoms. The fraction of sp³-hybridized carbons (Fsp3) is 0.846. The molecule has 1 amide bonds. The summed E-state index contributed by atoms with van der Waals surface area (Å²) in [5.41, 5.74) is 4.38. The van der Waals surface area contributed by atoms with Crippen LogP contribution in [0.25, 0.3) is 0 Å². The number of hydrogen-bond acceptors (Lipinski definition) is 5. The molecule has 0 aromatic carbocycles. The van der Waals surface area contributed by atoms with Crippen LogP contribution in [0.2, 0.25) is 0 Å². The number of carbonyl (C=O) groups is 2. The molecule has 0 aromatic heterocycles. The van der Waals surface area contributed by atoms with E-state index in [4.69, 9.17) is 15.2 Å². The maximum absolute atomic E-state index is 11.6. The average Bonchev–Trinajstić information content (AvgIpc) is 2.10. The summed E-state index contributed by atoms with van der Waals surface area (Å²) in [6.07, 6.45) is -0.570. The fourth-order valence-electron chi connectivity index (χ4n) is 1.25. The van der Waals surface area contributed by atoms with Crippen LogP contribution in [-0.2, 0) is 14.3 Å². The molecule has 0 heterocycles. The molecule has 1 unspecified atom stereocenters. The number of esters is 1. The van der Waals surface area contributed by atoms with Gasteiger partial charge < -0.3 is 20.5 Å². The highest BCUT2D eigenvalue weighted by atomic mass is 16.6. The van der Waals surface area contributed by atoms with E-state index in [1.165, 1.54) is 0 Å². The highest BCUT2D eigenvalue weighted by Crippen LogP contribution is 2.10. The topological polar surface area (TPSA) is 90.6 Å². The number of nitrogens with one attached hydrogen (secondary N) is 1. The lowest BCUT2D eigenvalue weighted by atomic mass is 10.1. The standard InChI is InChI=1S/C13H26N2O4/c1-12(2,3)18-10(16)7-9(8-14)15-11(17)19-13(4,5)6/h9H,7-8,14H2,1-6H3,(H,15,17). The van der Waals surface area contributed by atoms with Crippen LogP contribution in [0.3, 0.4) is 0 Å². The summed E-state index contributed by atoms with van der Waals surface area (Å²) in [7, 11) is 0. The molecule has 0 fully saturated rings. The van der Waals surface area contributed by atoms with E-state index >= 15 is 0 Å². The molecule has 0 rings (SSSR count). The second kappa shape index (κ2) is 6.75. The highest BCUT2D eigenvalue weighted by Gasteiger charge is 2.23. The van der Waals surface area contributed by atoms with Crippen LogP contribution in [0.4, 0.5) is 4.79 Å². The lowest BCUT2D eigenvalue weighted by Gasteiger charge is -2.24. The van der Waals surface area contributed by atoms with Gasteiger partial charge in [0.15, 0.2) is 0 Å². The fourth-order valence-corrected chi connectivity index (χ4v) is 1.25. The van der Waals surface area contributed by atoms with E-state index in [2.05, 4.69) is 5.32 Å². The Hall–Kier alpha value is -1.30. The molecule has 112 valence electrons. The molecule has 19 heavy (non-hydrogen) atoms. The zero-order chi connectivity index (χ0) is 15.3. The number of rotatable bonds is 4. The van der Waals surface area contributed by atoms with Gasteiger partial charge in [0.2, 0.25) is 0 Å². The normalized spacial score (nSPS) is 13.6. The van der Waals surface area contributed by atoms with E-state index in [1.807, 2.05) is 0 Å². The predicted molar refractivity (Wildman–Crippen MR) is 72.7 cm³/mol. The van der Waals surface area contributed by atoms with E-state index < -0.39 is 29.3 Å². The molecule has 0 saturated carbocycles. The van der Waals surface area contributed by atoms with Crippen LogP contribution in [0.1, 0.15) is 48.0 Å².